The predicted molar refractivity (Wildman–Crippen MR) is 84.5 cm³/mol. The molecule has 1 unspecified atom stereocenters. The van der Waals surface area contributed by atoms with Crippen LogP contribution in [0.3, 0.4) is 0 Å². The highest BCUT2D eigenvalue weighted by Crippen LogP contribution is 2.26. The molecule has 0 fully saturated rings. The maximum Gasteiger partial charge on any atom is 0.124 e. The van der Waals surface area contributed by atoms with Gasteiger partial charge in [0.2, 0.25) is 0 Å². The minimum atomic E-state index is -0.181. The summed E-state index contributed by atoms with van der Waals surface area (Å²) < 4.78 is 5.31. The van der Waals surface area contributed by atoms with Crippen LogP contribution in [0, 0.1) is 11.3 Å². The van der Waals surface area contributed by atoms with E-state index in [4.69, 9.17) is 16.3 Å². The molecule has 0 spiro atoms. The molecule has 3 nitrogen and oxygen atoms in total. The molecule has 0 heterocycles. The minimum absolute atomic E-state index is 0.181. The van der Waals surface area contributed by atoms with Gasteiger partial charge in [0.1, 0.15) is 5.75 Å². The number of hydrogen-bond donors (Lipinski definition) is 1. The Morgan fingerprint density at radius 1 is 1.19 bits per heavy atom. The molecule has 2 aromatic carbocycles. The minimum Gasteiger partial charge on any atom is -0.496 e. The average Bonchev–Trinajstić information content (AvgIpc) is 2.53. The van der Waals surface area contributed by atoms with Crippen LogP contribution >= 0.6 is 11.6 Å². The quantitative estimate of drug-likeness (QED) is 0.884. The Balaban J connectivity index is 2.00. The second kappa shape index (κ2) is 7.68. The molecule has 0 radical (unpaired) electrons. The summed E-state index contributed by atoms with van der Waals surface area (Å²) in [4.78, 5) is 0. The summed E-state index contributed by atoms with van der Waals surface area (Å²) in [6, 6.07) is 17.6. The van der Waals surface area contributed by atoms with Crippen molar-refractivity contribution in [1.29, 1.82) is 5.26 Å². The van der Waals surface area contributed by atoms with Crippen molar-refractivity contribution in [3.8, 4) is 11.8 Å². The lowest BCUT2D eigenvalue weighted by molar-refractivity contribution is 0.407. The molecular weight excluding hydrogens is 284 g/mol. The van der Waals surface area contributed by atoms with Crippen LogP contribution in [0.15, 0.2) is 48.5 Å². The fourth-order valence-corrected chi connectivity index (χ4v) is 2.40. The fourth-order valence-electron chi connectivity index (χ4n) is 2.17. The largest absolute Gasteiger partial charge is 0.496 e. The molecule has 4 heteroatoms. The van der Waals surface area contributed by atoms with Gasteiger partial charge < -0.3 is 10.1 Å². The van der Waals surface area contributed by atoms with E-state index in [9.17, 15) is 5.26 Å². The topological polar surface area (TPSA) is 45.0 Å². The molecule has 0 aromatic heterocycles. The number of nitriles is 1. The Morgan fingerprint density at radius 3 is 2.62 bits per heavy atom. The first kappa shape index (κ1) is 15.4. The SMILES string of the molecule is COc1cccc(Cl)c1CNCC(C#N)c1ccccc1. The third-order valence-corrected chi connectivity index (χ3v) is 3.66. The van der Waals surface area contributed by atoms with E-state index in [1.54, 1.807) is 7.11 Å². The van der Waals surface area contributed by atoms with Crippen LogP contribution in [-0.4, -0.2) is 13.7 Å². The molecule has 0 amide bonds. The van der Waals surface area contributed by atoms with E-state index in [0.717, 1.165) is 16.9 Å². The number of nitrogens with zero attached hydrogens (tertiary/aromatic N) is 1. The van der Waals surface area contributed by atoms with Gasteiger partial charge in [-0.15, -0.1) is 0 Å². The molecule has 108 valence electrons. The molecule has 0 saturated carbocycles. The van der Waals surface area contributed by atoms with Gasteiger partial charge in [0, 0.05) is 23.7 Å². The summed E-state index contributed by atoms with van der Waals surface area (Å²) in [6.07, 6.45) is 0. The van der Waals surface area contributed by atoms with Crippen molar-refractivity contribution in [3.05, 3.63) is 64.7 Å². The molecule has 0 saturated heterocycles. The number of nitrogens with one attached hydrogen (secondary N) is 1. The van der Waals surface area contributed by atoms with Crippen molar-refractivity contribution in [1.82, 2.24) is 5.32 Å². The lowest BCUT2D eigenvalue weighted by Crippen LogP contribution is -2.21. The standard InChI is InChI=1S/C17H17ClN2O/c1-21-17-9-5-8-16(18)15(17)12-20-11-14(10-19)13-6-3-2-4-7-13/h2-9,14,20H,11-12H2,1H3. The summed E-state index contributed by atoms with van der Waals surface area (Å²) in [5, 5.41) is 13.2. The second-order valence-electron chi connectivity index (χ2n) is 4.64. The van der Waals surface area contributed by atoms with Crippen molar-refractivity contribution in [3.63, 3.8) is 0 Å². The highest BCUT2D eigenvalue weighted by atomic mass is 35.5. The second-order valence-corrected chi connectivity index (χ2v) is 5.05. The molecule has 2 rings (SSSR count). The molecule has 0 aliphatic carbocycles. The Bertz CT molecular complexity index is 622. The number of methoxy groups -OCH3 is 1. The van der Waals surface area contributed by atoms with E-state index in [1.165, 1.54) is 0 Å². The molecule has 1 atom stereocenters. The van der Waals surface area contributed by atoms with Gasteiger partial charge in [-0.3, -0.25) is 0 Å². The van der Waals surface area contributed by atoms with Crippen molar-refractivity contribution in [2.24, 2.45) is 0 Å². The van der Waals surface area contributed by atoms with E-state index in [2.05, 4.69) is 11.4 Å². The first-order chi connectivity index (χ1) is 10.3. The first-order valence-corrected chi connectivity index (χ1v) is 7.10. The van der Waals surface area contributed by atoms with E-state index in [-0.39, 0.29) is 5.92 Å². The molecule has 2 aromatic rings. The van der Waals surface area contributed by atoms with Crippen LogP contribution in [-0.2, 0) is 6.54 Å². The van der Waals surface area contributed by atoms with Gasteiger partial charge in [0.25, 0.3) is 0 Å². The number of benzene rings is 2. The van der Waals surface area contributed by atoms with Crippen molar-refractivity contribution in [2.45, 2.75) is 12.5 Å². The van der Waals surface area contributed by atoms with Gasteiger partial charge in [-0.1, -0.05) is 48.0 Å². The van der Waals surface area contributed by atoms with E-state index >= 15 is 0 Å². The fraction of sp³-hybridized carbons (Fsp3) is 0.235. The third kappa shape index (κ3) is 3.98. The molecular formula is C17H17ClN2O. The van der Waals surface area contributed by atoms with Crippen LogP contribution in [0.5, 0.6) is 5.75 Å². The zero-order chi connectivity index (χ0) is 15.1. The van der Waals surface area contributed by atoms with E-state index in [1.807, 2.05) is 48.5 Å². The van der Waals surface area contributed by atoms with Gasteiger partial charge in [-0.05, 0) is 17.7 Å². The van der Waals surface area contributed by atoms with Gasteiger partial charge >= 0.3 is 0 Å². The van der Waals surface area contributed by atoms with Gasteiger partial charge in [0.15, 0.2) is 0 Å². The summed E-state index contributed by atoms with van der Waals surface area (Å²) in [5.41, 5.74) is 1.92. The van der Waals surface area contributed by atoms with Crippen molar-refractivity contribution >= 4 is 11.6 Å². The Kier molecular flexibility index (Phi) is 5.62. The smallest absolute Gasteiger partial charge is 0.124 e. The maximum atomic E-state index is 9.29. The number of hydrogen-bond acceptors (Lipinski definition) is 3. The summed E-state index contributed by atoms with van der Waals surface area (Å²) >= 11 is 6.19. The molecule has 0 aliphatic heterocycles. The van der Waals surface area contributed by atoms with Crippen LogP contribution in [0.2, 0.25) is 5.02 Å². The molecule has 21 heavy (non-hydrogen) atoms. The number of ether oxygens (including phenoxy) is 1. The van der Waals surface area contributed by atoms with Crippen molar-refractivity contribution in [2.75, 3.05) is 13.7 Å². The van der Waals surface area contributed by atoms with Gasteiger partial charge in [-0.25, -0.2) is 0 Å². The normalized spacial score (nSPS) is 11.7. The molecule has 0 aliphatic rings. The predicted octanol–water partition coefficient (Wildman–Crippen LogP) is 3.75. The first-order valence-electron chi connectivity index (χ1n) is 6.73. The van der Waals surface area contributed by atoms with Crippen LogP contribution in [0.1, 0.15) is 17.0 Å². The zero-order valence-electron chi connectivity index (χ0n) is 11.8. The van der Waals surface area contributed by atoms with Gasteiger partial charge in [-0.2, -0.15) is 5.26 Å². The summed E-state index contributed by atoms with van der Waals surface area (Å²) in [7, 11) is 1.62. The summed E-state index contributed by atoms with van der Waals surface area (Å²) in [5.74, 6) is 0.572. The maximum absolute atomic E-state index is 9.29. The summed E-state index contributed by atoms with van der Waals surface area (Å²) in [6.45, 7) is 1.13. The lowest BCUT2D eigenvalue weighted by atomic mass is 10.0. The van der Waals surface area contributed by atoms with Gasteiger partial charge in [0.05, 0.1) is 19.1 Å². The number of halogens is 1. The number of rotatable bonds is 6. The van der Waals surface area contributed by atoms with E-state index < -0.39 is 0 Å². The molecule has 1 N–H and O–H groups in total. The Labute approximate surface area is 130 Å². The molecule has 0 bridgehead atoms. The lowest BCUT2D eigenvalue weighted by Gasteiger charge is -2.14. The van der Waals surface area contributed by atoms with Crippen LogP contribution in [0.25, 0.3) is 0 Å². The highest BCUT2D eigenvalue weighted by molar-refractivity contribution is 6.31. The third-order valence-electron chi connectivity index (χ3n) is 3.30. The van der Waals surface area contributed by atoms with Crippen LogP contribution in [0.4, 0.5) is 0 Å². The highest BCUT2D eigenvalue weighted by Gasteiger charge is 2.11. The Morgan fingerprint density at radius 2 is 1.95 bits per heavy atom. The van der Waals surface area contributed by atoms with E-state index in [0.29, 0.717) is 18.1 Å². The Hall–Kier alpha value is -2.02. The monoisotopic (exact) mass is 300 g/mol. The zero-order valence-corrected chi connectivity index (χ0v) is 12.6. The van der Waals surface area contributed by atoms with Crippen molar-refractivity contribution < 1.29 is 4.74 Å². The van der Waals surface area contributed by atoms with Crippen LogP contribution < -0.4 is 10.1 Å². The average molecular weight is 301 g/mol.